The van der Waals surface area contributed by atoms with Gasteiger partial charge in [-0.1, -0.05) is 26.0 Å². The molecule has 6 nitrogen and oxygen atoms in total. The zero-order valence-corrected chi connectivity index (χ0v) is 14.0. The third-order valence-corrected chi connectivity index (χ3v) is 3.43. The van der Waals surface area contributed by atoms with Crippen LogP contribution in [0.5, 0.6) is 5.75 Å². The van der Waals surface area contributed by atoms with Crippen LogP contribution in [0.3, 0.4) is 0 Å². The second-order valence-electron chi connectivity index (χ2n) is 6.04. The quantitative estimate of drug-likeness (QED) is 0.781. The second-order valence-corrected chi connectivity index (χ2v) is 6.04. The predicted octanol–water partition coefficient (Wildman–Crippen LogP) is 3.32. The fraction of sp³-hybridized carbons (Fsp3) is 0.278. The normalized spacial score (nSPS) is 11.0. The van der Waals surface area contributed by atoms with Crippen LogP contribution in [-0.2, 0) is 0 Å². The number of nitrogens with one attached hydrogen (secondary N) is 1. The standard InChI is InChI=1S/C18H20N4O2/c1-12(2)11-24-16-7-5-4-6-14(16)21-18(23)15-10-13(3)20-17-8-9-19-22(15)17/h4-10,12H,11H2,1-3H3,(H,21,23). The average molecular weight is 324 g/mol. The van der Waals surface area contributed by atoms with Crippen molar-refractivity contribution in [2.45, 2.75) is 20.8 Å². The van der Waals surface area contributed by atoms with Gasteiger partial charge < -0.3 is 10.1 Å². The van der Waals surface area contributed by atoms with E-state index in [9.17, 15) is 4.79 Å². The Morgan fingerprint density at radius 2 is 2.08 bits per heavy atom. The van der Waals surface area contributed by atoms with E-state index in [1.807, 2.05) is 31.2 Å². The van der Waals surface area contributed by atoms with Gasteiger partial charge in [0.1, 0.15) is 11.4 Å². The van der Waals surface area contributed by atoms with Gasteiger partial charge in [-0.05, 0) is 31.0 Å². The Kier molecular flexibility index (Phi) is 4.46. The van der Waals surface area contributed by atoms with Crippen LogP contribution in [0.4, 0.5) is 5.69 Å². The van der Waals surface area contributed by atoms with Gasteiger partial charge in [0, 0.05) is 11.8 Å². The summed E-state index contributed by atoms with van der Waals surface area (Å²) in [6, 6.07) is 10.9. The highest BCUT2D eigenvalue weighted by Gasteiger charge is 2.15. The van der Waals surface area contributed by atoms with Crippen molar-refractivity contribution in [3.8, 4) is 5.75 Å². The number of hydrogen-bond acceptors (Lipinski definition) is 4. The van der Waals surface area contributed by atoms with Crippen LogP contribution in [0.1, 0.15) is 30.0 Å². The first-order valence-corrected chi connectivity index (χ1v) is 7.89. The van der Waals surface area contributed by atoms with Gasteiger partial charge in [-0.15, -0.1) is 0 Å². The molecular weight excluding hydrogens is 304 g/mol. The van der Waals surface area contributed by atoms with Crippen LogP contribution in [-0.4, -0.2) is 27.1 Å². The van der Waals surface area contributed by atoms with Crippen molar-refractivity contribution >= 4 is 17.2 Å². The van der Waals surface area contributed by atoms with Gasteiger partial charge in [0.25, 0.3) is 5.91 Å². The Labute approximate surface area is 140 Å². The highest BCUT2D eigenvalue weighted by molar-refractivity contribution is 6.04. The van der Waals surface area contributed by atoms with E-state index in [1.165, 1.54) is 4.52 Å². The number of para-hydroxylation sites is 2. The van der Waals surface area contributed by atoms with E-state index in [4.69, 9.17) is 4.74 Å². The molecule has 0 saturated carbocycles. The molecule has 0 spiro atoms. The van der Waals surface area contributed by atoms with Crippen LogP contribution in [0.25, 0.3) is 5.65 Å². The molecule has 124 valence electrons. The Morgan fingerprint density at radius 1 is 1.29 bits per heavy atom. The molecule has 6 heteroatoms. The number of nitrogens with zero attached hydrogens (tertiary/aromatic N) is 3. The molecule has 0 saturated heterocycles. The summed E-state index contributed by atoms with van der Waals surface area (Å²) in [7, 11) is 0. The molecule has 0 radical (unpaired) electrons. The number of carbonyl (C=O) groups is 1. The van der Waals surface area contributed by atoms with E-state index >= 15 is 0 Å². The van der Waals surface area contributed by atoms with Crippen LogP contribution >= 0.6 is 0 Å². The molecule has 0 aliphatic rings. The smallest absolute Gasteiger partial charge is 0.274 e. The van der Waals surface area contributed by atoms with Crippen molar-refractivity contribution in [3.05, 3.63) is 54.0 Å². The van der Waals surface area contributed by atoms with E-state index in [0.717, 1.165) is 5.69 Å². The van der Waals surface area contributed by atoms with E-state index in [1.54, 1.807) is 18.3 Å². The molecule has 1 N–H and O–H groups in total. The summed E-state index contributed by atoms with van der Waals surface area (Å²) < 4.78 is 7.31. The van der Waals surface area contributed by atoms with Gasteiger partial charge in [-0.3, -0.25) is 4.79 Å². The maximum Gasteiger partial charge on any atom is 0.274 e. The number of aryl methyl sites for hydroxylation is 1. The highest BCUT2D eigenvalue weighted by Crippen LogP contribution is 2.25. The first-order chi connectivity index (χ1) is 11.5. The van der Waals surface area contributed by atoms with Gasteiger partial charge in [0.05, 0.1) is 18.5 Å². The van der Waals surface area contributed by atoms with Gasteiger partial charge in [-0.25, -0.2) is 9.50 Å². The molecule has 0 aliphatic heterocycles. The fourth-order valence-electron chi connectivity index (χ4n) is 2.34. The van der Waals surface area contributed by atoms with Crippen LogP contribution < -0.4 is 10.1 Å². The number of benzene rings is 1. The lowest BCUT2D eigenvalue weighted by Gasteiger charge is -2.14. The Hall–Kier alpha value is -2.89. The fourth-order valence-corrected chi connectivity index (χ4v) is 2.34. The lowest BCUT2D eigenvalue weighted by atomic mass is 10.2. The molecule has 2 aromatic heterocycles. The summed E-state index contributed by atoms with van der Waals surface area (Å²) in [5.41, 5.74) is 2.47. The molecule has 24 heavy (non-hydrogen) atoms. The number of rotatable bonds is 5. The minimum Gasteiger partial charge on any atom is -0.491 e. The van der Waals surface area contributed by atoms with E-state index in [2.05, 4.69) is 29.2 Å². The number of ether oxygens (including phenoxy) is 1. The zero-order chi connectivity index (χ0) is 17.1. The number of amides is 1. The molecule has 0 atom stereocenters. The molecular formula is C18H20N4O2. The summed E-state index contributed by atoms with van der Waals surface area (Å²) in [4.78, 5) is 17.1. The SMILES string of the molecule is Cc1cc(C(=O)Nc2ccccc2OCC(C)C)n2nccc2n1. The number of anilines is 1. The molecule has 0 aliphatic carbocycles. The third kappa shape index (κ3) is 3.37. The van der Waals surface area contributed by atoms with Crippen molar-refractivity contribution in [1.29, 1.82) is 0 Å². The molecule has 0 fully saturated rings. The number of fused-ring (bicyclic) bond motifs is 1. The van der Waals surface area contributed by atoms with E-state index < -0.39 is 0 Å². The summed E-state index contributed by atoms with van der Waals surface area (Å²) >= 11 is 0. The average Bonchev–Trinajstić information content (AvgIpc) is 3.01. The van der Waals surface area contributed by atoms with Gasteiger partial charge in [0.2, 0.25) is 0 Å². The van der Waals surface area contributed by atoms with Gasteiger partial charge in [-0.2, -0.15) is 5.10 Å². The first kappa shape index (κ1) is 16.0. The Balaban J connectivity index is 1.88. The minimum absolute atomic E-state index is 0.255. The maximum atomic E-state index is 12.7. The first-order valence-electron chi connectivity index (χ1n) is 7.89. The Morgan fingerprint density at radius 3 is 2.88 bits per heavy atom. The topological polar surface area (TPSA) is 68.5 Å². The zero-order valence-electron chi connectivity index (χ0n) is 14.0. The molecule has 2 heterocycles. The summed E-state index contributed by atoms with van der Waals surface area (Å²) in [5, 5.41) is 7.07. The molecule has 0 unspecified atom stereocenters. The number of hydrogen-bond donors (Lipinski definition) is 1. The van der Waals surface area contributed by atoms with Crippen LogP contribution in [0.15, 0.2) is 42.6 Å². The molecule has 3 rings (SSSR count). The third-order valence-electron chi connectivity index (χ3n) is 3.43. The van der Waals surface area contributed by atoms with Crippen molar-refractivity contribution in [3.63, 3.8) is 0 Å². The molecule has 1 aromatic carbocycles. The molecule has 1 amide bonds. The lowest BCUT2D eigenvalue weighted by molar-refractivity contribution is 0.101. The van der Waals surface area contributed by atoms with Crippen LogP contribution in [0, 0.1) is 12.8 Å². The van der Waals surface area contributed by atoms with Crippen molar-refractivity contribution < 1.29 is 9.53 Å². The minimum atomic E-state index is -0.255. The van der Waals surface area contributed by atoms with Gasteiger partial charge in [0.15, 0.2) is 5.65 Å². The summed E-state index contributed by atoms with van der Waals surface area (Å²) in [6.45, 7) is 6.60. The summed E-state index contributed by atoms with van der Waals surface area (Å²) in [5.74, 6) is 0.803. The van der Waals surface area contributed by atoms with Crippen molar-refractivity contribution in [2.75, 3.05) is 11.9 Å². The van der Waals surface area contributed by atoms with E-state index in [0.29, 0.717) is 35.3 Å². The molecule has 0 bridgehead atoms. The monoisotopic (exact) mass is 324 g/mol. The lowest BCUT2D eigenvalue weighted by Crippen LogP contribution is -2.18. The second kappa shape index (κ2) is 6.70. The van der Waals surface area contributed by atoms with Crippen LogP contribution in [0.2, 0.25) is 0 Å². The predicted molar refractivity (Wildman–Crippen MR) is 92.5 cm³/mol. The van der Waals surface area contributed by atoms with E-state index in [-0.39, 0.29) is 5.91 Å². The van der Waals surface area contributed by atoms with Crippen molar-refractivity contribution in [1.82, 2.24) is 14.6 Å². The number of carbonyl (C=O) groups excluding carboxylic acids is 1. The van der Waals surface area contributed by atoms with Crippen molar-refractivity contribution in [2.24, 2.45) is 5.92 Å². The van der Waals surface area contributed by atoms with Gasteiger partial charge >= 0.3 is 0 Å². The largest absolute Gasteiger partial charge is 0.491 e. The highest BCUT2D eigenvalue weighted by atomic mass is 16.5. The Bertz CT molecular complexity index is 870. The maximum absolute atomic E-state index is 12.7. The summed E-state index contributed by atoms with van der Waals surface area (Å²) in [6.07, 6.45) is 1.62. The molecule has 3 aromatic rings. The number of aromatic nitrogens is 3.